The van der Waals surface area contributed by atoms with E-state index < -0.39 is 11.5 Å². The molecular weight excluding hydrogens is 405 g/mol. The van der Waals surface area contributed by atoms with Crippen molar-refractivity contribution in [2.24, 2.45) is 7.05 Å². The quantitative estimate of drug-likeness (QED) is 0.680. The van der Waals surface area contributed by atoms with Gasteiger partial charge in [-0.15, -0.1) is 10.2 Å². The van der Waals surface area contributed by atoms with Crippen molar-refractivity contribution in [2.45, 2.75) is 25.9 Å². The average Bonchev–Trinajstić information content (AvgIpc) is 2.94. The van der Waals surface area contributed by atoms with E-state index in [2.05, 4.69) is 15.5 Å². The van der Waals surface area contributed by atoms with Gasteiger partial charge in [0, 0.05) is 7.05 Å². The molecule has 1 aromatic carbocycles. The van der Waals surface area contributed by atoms with Crippen LogP contribution in [0.25, 0.3) is 0 Å². The lowest BCUT2D eigenvalue weighted by molar-refractivity contribution is -0.150. The lowest BCUT2D eigenvalue weighted by atomic mass is 9.92. The molecular formula is C18H23Cl2N5O3. The molecule has 0 aliphatic heterocycles. The number of likely N-dealkylation sites (N-methyl/N-ethyl adjacent to an activating group) is 1. The standard InChI is InChI=1S/C18H23Cl2N5O3/c1-11-22-23-15(25(11)4)9-24(3)10-16(26)21-18(2,17(27)28-5)12-6-7-13(19)14(20)8-12/h6-8H,9-10H2,1-5H3,(H,21,26)/t18-/m1/s1. The number of aryl methyl sites for hydroxylation is 1. The Labute approximate surface area is 173 Å². The molecule has 0 spiro atoms. The smallest absolute Gasteiger partial charge is 0.336 e. The van der Waals surface area contributed by atoms with E-state index in [1.165, 1.54) is 13.2 Å². The fourth-order valence-corrected chi connectivity index (χ4v) is 3.00. The van der Waals surface area contributed by atoms with Gasteiger partial charge in [0.25, 0.3) is 0 Å². The van der Waals surface area contributed by atoms with Crippen molar-refractivity contribution >= 4 is 35.1 Å². The van der Waals surface area contributed by atoms with Crippen LogP contribution in [0.3, 0.4) is 0 Å². The highest BCUT2D eigenvalue weighted by Gasteiger charge is 2.38. The van der Waals surface area contributed by atoms with Crippen LogP contribution in [0.5, 0.6) is 0 Å². The first kappa shape index (κ1) is 22.1. The van der Waals surface area contributed by atoms with E-state index in [-0.39, 0.29) is 17.5 Å². The minimum atomic E-state index is -1.41. The molecule has 28 heavy (non-hydrogen) atoms. The van der Waals surface area contributed by atoms with Gasteiger partial charge < -0.3 is 14.6 Å². The molecule has 1 N–H and O–H groups in total. The Balaban J connectivity index is 2.15. The number of hydrogen-bond acceptors (Lipinski definition) is 6. The summed E-state index contributed by atoms with van der Waals surface area (Å²) in [6, 6.07) is 4.72. The van der Waals surface area contributed by atoms with E-state index in [0.717, 1.165) is 11.6 Å². The molecule has 152 valence electrons. The third kappa shape index (κ3) is 4.81. The van der Waals surface area contributed by atoms with Crippen molar-refractivity contribution in [3.8, 4) is 0 Å². The van der Waals surface area contributed by atoms with Crippen LogP contribution in [-0.2, 0) is 33.5 Å². The molecule has 0 saturated heterocycles. The van der Waals surface area contributed by atoms with Crippen LogP contribution in [0.4, 0.5) is 0 Å². The summed E-state index contributed by atoms with van der Waals surface area (Å²) < 4.78 is 6.74. The summed E-state index contributed by atoms with van der Waals surface area (Å²) in [6.07, 6.45) is 0. The Morgan fingerprint density at radius 1 is 1.29 bits per heavy atom. The van der Waals surface area contributed by atoms with Gasteiger partial charge >= 0.3 is 5.97 Å². The van der Waals surface area contributed by atoms with E-state index in [9.17, 15) is 9.59 Å². The second kappa shape index (κ2) is 8.89. The van der Waals surface area contributed by atoms with Crippen molar-refractivity contribution in [3.05, 3.63) is 45.5 Å². The van der Waals surface area contributed by atoms with Gasteiger partial charge in [-0.1, -0.05) is 29.3 Å². The number of nitrogens with zero attached hydrogens (tertiary/aromatic N) is 4. The number of benzene rings is 1. The Bertz CT molecular complexity index is 886. The maximum Gasteiger partial charge on any atom is 0.336 e. The first-order valence-electron chi connectivity index (χ1n) is 8.47. The fraction of sp³-hybridized carbons (Fsp3) is 0.444. The number of esters is 1. The minimum Gasteiger partial charge on any atom is -0.467 e. The molecule has 2 aromatic rings. The fourth-order valence-electron chi connectivity index (χ4n) is 2.70. The van der Waals surface area contributed by atoms with Gasteiger partial charge in [0.05, 0.1) is 30.2 Å². The number of methoxy groups -OCH3 is 1. The van der Waals surface area contributed by atoms with E-state index in [0.29, 0.717) is 17.1 Å². The number of hydrogen-bond donors (Lipinski definition) is 1. The lowest BCUT2D eigenvalue weighted by Crippen LogP contribution is -2.52. The van der Waals surface area contributed by atoms with E-state index in [1.807, 2.05) is 18.5 Å². The molecule has 0 radical (unpaired) electrons. The van der Waals surface area contributed by atoms with Crippen LogP contribution in [-0.4, -0.2) is 52.2 Å². The van der Waals surface area contributed by atoms with Gasteiger partial charge in [-0.2, -0.15) is 0 Å². The normalized spacial score (nSPS) is 13.3. The number of ether oxygens (including phenoxy) is 1. The van der Waals surface area contributed by atoms with Gasteiger partial charge in [0.15, 0.2) is 5.54 Å². The van der Waals surface area contributed by atoms with Crippen molar-refractivity contribution in [1.29, 1.82) is 0 Å². The van der Waals surface area contributed by atoms with E-state index in [4.69, 9.17) is 27.9 Å². The van der Waals surface area contributed by atoms with Crippen LogP contribution >= 0.6 is 23.2 Å². The number of amides is 1. The number of carbonyl (C=O) groups is 2. The number of rotatable bonds is 7. The zero-order valence-corrected chi connectivity index (χ0v) is 17.9. The Morgan fingerprint density at radius 3 is 2.50 bits per heavy atom. The summed E-state index contributed by atoms with van der Waals surface area (Å²) >= 11 is 12.0. The predicted molar refractivity (Wildman–Crippen MR) is 106 cm³/mol. The van der Waals surface area contributed by atoms with Crippen molar-refractivity contribution in [1.82, 2.24) is 25.0 Å². The molecule has 8 nitrogen and oxygen atoms in total. The molecule has 0 saturated carbocycles. The van der Waals surface area contributed by atoms with Gasteiger partial charge in [-0.25, -0.2) is 4.79 Å². The molecule has 2 rings (SSSR count). The number of aromatic nitrogens is 3. The highest BCUT2D eigenvalue weighted by Crippen LogP contribution is 2.29. The molecule has 0 aliphatic rings. The molecule has 1 amide bonds. The molecule has 0 unspecified atom stereocenters. The first-order chi connectivity index (χ1) is 13.1. The molecule has 0 bridgehead atoms. The topological polar surface area (TPSA) is 89.3 Å². The zero-order valence-electron chi connectivity index (χ0n) is 16.4. The van der Waals surface area contributed by atoms with Crippen LogP contribution < -0.4 is 5.32 Å². The van der Waals surface area contributed by atoms with Crippen LogP contribution in [0.2, 0.25) is 10.0 Å². The summed E-state index contributed by atoms with van der Waals surface area (Å²) in [4.78, 5) is 26.8. The van der Waals surface area contributed by atoms with E-state index >= 15 is 0 Å². The summed E-state index contributed by atoms with van der Waals surface area (Å²) in [7, 11) is 4.89. The van der Waals surface area contributed by atoms with Gasteiger partial charge in [-0.3, -0.25) is 9.69 Å². The minimum absolute atomic E-state index is 0.0415. The Hall–Kier alpha value is -2.16. The number of halogens is 2. The third-order valence-corrected chi connectivity index (χ3v) is 5.23. The molecule has 1 atom stereocenters. The van der Waals surface area contributed by atoms with Crippen LogP contribution in [0.1, 0.15) is 24.1 Å². The molecule has 0 aliphatic carbocycles. The average molecular weight is 428 g/mol. The van der Waals surface area contributed by atoms with Gasteiger partial charge in [-0.05, 0) is 38.6 Å². The van der Waals surface area contributed by atoms with E-state index in [1.54, 1.807) is 31.0 Å². The highest BCUT2D eigenvalue weighted by molar-refractivity contribution is 6.42. The maximum absolute atomic E-state index is 12.6. The largest absolute Gasteiger partial charge is 0.467 e. The van der Waals surface area contributed by atoms with Crippen molar-refractivity contribution in [3.63, 3.8) is 0 Å². The second-order valence-corrected chi connectivity index (χ2v) is 7.50. The van der Waals surface area contributed by atoms with Gasteiger partial charge in [0.2, 0.25) is 5.91 Å². The molecule has 1 aromatic heterocycles. The highest BCUT2D eigenvalue weighted by atomic mass is 35.5. The second-order valence-electron chi connectivity index (χ2n) is 6.69. The van der Waals surface area contributed by atoms with Crippen molar-refractivity contribution < 1.29 is 14.3 Å². The van der Waals surface area contributed by atoms with Gasteiger partial charge in [0.1, 0.15) is 11.6 Å². The molecule has 10 heteroatoms. The SMILES string of the molecule is COC(=O)[C@](C)(NC(=O)CN(C)Cc1nnc(C)n1C)c1ccc(Cl)c(Cl)c1. The number of carbonyl (C=O) groups excluding carboxylic acids is 2. The van der Waals surface area contributed by atoms with Crippen molar-refractivity contribution in [2.75, 3.05) is 20.7 Å². The molecule has 0 fully saturated rings. The Kier molecular flexibility index (Phi) is 7.03. The third-order valence-electron chi connectivity index (χ3n) is 4.49. The number of nitrogens with one attached hydrogen (secondary N) is 1. The van der Waals surface area contributed by atoms with Crippen LogP contribution in [0.15, 0.2) is 18.2 Å². The lowest BCUT2D eigenvalue weighted by Gasteiger charge is -2.29. The summed E-state index contributed by atoms with van der Waals surface area (Å²) in [5.74, 6) is 0.532. The predicted octanol–water partition coefficient (Wildman–Crippen LogP) is 2.07. The molecule has 1 heterocycles. The Morgan fingerprint density at radius 2 is 1.96 bits per heavy atom. The first-order valence-corrected chi connectivity index (χ1v) is 9.22. The maximum atomic E-state index is 12.6. The van der Waals surface area contributed by atoms with Crippen LogP contribution in [0, 0.1) is 6.92 Å². The summed E-state index contributed by atoms with van der Waals surface area (Å²) in [5.41, 5.74) is -0.948. The summed E-state index contributed by atoms with van der Waals surface area (Å²) in [6.45, 7) is 3.87. The summed E-state index contributed by atoms with van der Waals surface area (Å²) in [5, 5.41) is 11.5. The zero-order chi connectivity index (χ0) is 21.1. The monoisotopic (exact) mass is 427 g/mol.